The number of carboxylic acid groups (broad SMARTS) is 1. The fraction of sp³-hybridized carbons (Fsp3) is 0.333. The Bertz CT molecular complexity index is 496. The van der Waals surface area contributed by atoms with Crippen LogP contribution in [0.4, 0.5) is 0 Å². The van der Waals surface area contributed by atoms with Gasteiger partial charge in [0.1, 0.15) is 5.92 Å². The van der Waals surface area contributed by atoms with E-state index in [9.17, 15) is 4.79 Å². The highest BCUT2D eigenvalue weighted by atomic mass is 79.9. The number of carbonyl (C=O) groups is 1. The van der Waals surface area contributed by atoms with Crippen molar-refractivity contribution in [2.24, 2.45) is 5.92 Å². The summed E-state index contributed by atoms with van der Waals surface area (Å²) in [6, 6.07) is 5.10. The Kier molecular flexibility index (Phi) is 4.98. The van der Waals surface area contributed by atoms with Crippen molar-refractivity contribution >= 4 is 21.9 Å². The molecule has 0 unspecified atom stereocenters. The van der Waals surface area contributed by atoms with Crippen LogP contribution in [0.5, 0.6) is 11.5 Å². The lowest BCUT2D eigenvalue weighted by Crippen LogP contribution is -2.14. The smallest absolute Gasteiger partial charge is 0.321 e. The highest BCUT2D eigenvalue weighted by Crippen LogP contribution is 2.34. The van der Waals surface area contributed by atoms with Crippen LogP contribution in [0.25, 0.3) is 0 Å². The monoisotopic (exact) mass is 313 g/mol. The Labute approximate surface area is 113 Å². The average molecular weight is 314 g/mol. The molecule has 18 heavy (non-hydrogen) atoms. The third-order valence-electron chi connectivity index (χ3n) is 2.43. The molecule has 1 aromatic rings. The summed E-state index contributed by atoms with van der Waals surface area (Å²) in [6.07, 6.45) is 0.104. The van der Waals surface area contributed by atoms with Crippen LogP contribution in [-0.4, -0.2) is 25.3 Å². The van der Waals surface area contributed by atoms with Gasteiger partial charge in [0.15, 0.2) is 11.5 Å². The third kappa shape index (κ3) is 3.14. The highest BCUT2D eigenvalue weighted by Gasteiger charge is 2.20. The number of hydrogen-bond donors (Lipinski definition) is 1. The number of benzene rings is 1. The van der Waals surface area contributed by atoms with E-state index in [0.717, 1.165) is 0 Å². The molecule has 1 N–H and O–H groups in total. The molecule has 0 aliphatic heterocycles. The molecule has 0 heterocycles. The van der Waals surface area contributed by atoms with Crippen molar-refractivity contribution in [3.63, 3.8) is 0 Å². The summed E-state index contributed by atoms with van der Waals surface area (Å²) in [5, 5.41) is 17.6. The van der Waals surface area contributed by atoms with Gasteiger partial charge in [-0.1, -0.05) is 15.9 Å². The Morgan fingerprint density at radius 3 is 2.44 bits per heavy atom. The summed E-state index contributed by atoms with van der Waals surface area (Å²) >= 11 is 3.32. The minimum atomic E-state index is -1.14. The zero-order chi connectivity index (χ0) is 13.7. The van der Waals surface area contributed by atoms with E-state index in [1.54, 1.807) is 18.2 Å². The first kappa shape index (κ1) is 14.3. The summed E-state index contributed by atoms with van der Waals surface area (Å²) in [6.45, 7) is 0. The Morgan fingerprint density at radius 2 is 2.00 bits per heavy atom. The molecular weight excluding hydrogens is 302 g/mol. The van der Waals surface area contributed by atoms with E-state index in [1.165, 1.54) is 14.2 Å². The summed E-state index contributed by atoms with van der Waals surface area (Å²) in [5.74, 6) is -1.19. The van der Waals surface area contributed by atoms with Crippen LogP contribution in [0.15, 0.2) is 16.6 Å². The molecule has 1 aromatic carbocycles. The van der Waals surface area contributed by atoms with Gasteiger partial charge in [-0.2, -0.15) is 5.26 Å². The molecule has 0 aliphatic carbocycles. The SMILES string of the molecule is COc1cc(Br)c(C[C@H](C#N)C(=O)O)cc1OC. The highest BCUT2D eigenvalue weighted by molar-refractivity contribution is 9.10. The van der Waals surface area contributed by atoms with Gasteiger partial charge in [0.25, 0.3) is 0 Å². The zero-order valence-electron chi connectivity index (χ0n) is 9.94. The molecule has 5 nitrogen and oxygen atoms in total. The van der Waals surface area contributed by atoms with Crippen LogP contribution >= 0.6 is 15.9 Å². The second-order valence-electron chi connectivity index (χ2n) is 3.52. The Hall–Kier alpha value is -1.74. The number of aliphatic carboxylic acids is 1. The first-order chi connectivity index (χ1) is 8.53. The standard InChI is InChI=1S/C12H12BrNO4/c1-17-10-4-7(3-8(6-14)12(15)16)9(13)5-11(10)18-2/h4-5,8H,3H2,1-2H3,(H,15,16)/t8-/m1/s1. The minimum Gasteiger partial charge on any atom is -0.493 e. The van der Waals surface area contributed by atoms with Crippen molar-refractivity contribution in [2.75, 3.05) is 14.2 Å². The summed E-state index contributed by atoms with van der Waals surface area (Å²) < 4.78 is 10.9. The number of ether oxygens (including phenoxy) is 2. The van der Waals surface area contributed by atoms with Crippen molar-refractivity contribution in [1.82, 2.24) is 0 Å². The fourth-order valence-electron chi connectivity index (χ4n) is 1.46. The topological polar surface area (TPSA) is 79.5 Å². The van der Waals surface area contributed by atoms with Gasteiger partial charge in [0, 0.05) is 10.9 Å². The number of nitriles is 1. The Balaban J connectivity index is 3.10. The van der Waals surface area contributed by atoms with Crippen LogP contribution in [0.1, 0.15) is 5.56 Å². The minimum absolute atomic E-state index is 0.104. The van der Waals surface area contributed by atoms with Gasteiger partial charge in [0.05, 0.1) is 20.3 Å². The molecule has 0 bridgehead atoms. The number of methoxy groups -OCH3 is 2. The van der Waals surface area contributed by atoms with Crippen molar-refractivity contribution in [3.8, 4) is 17.6 Å². The molecule has 0 aliphatic rings. The van der Waals surface area contributed by atoms with Crippen LogP contribution in [0.3, 0.4) is 0 Å². The van der Waals surface area contributed by atoms with Gasteiger partial charge in [-0.05, 0) is 17.7 Å². The van der Waals surface area contributed by atoms with Gasteiger partial charge in [0.2, 0.25) is 0 Å². The number of hydrogen-bond acceptors (Lipinski definition) is 4. The Morgan fingerprint density at radius 1 is 1.44 bits per heavy atom. The van der Waals surface area contributed by atoms with E-state index >= 15 is 0 Å². The van der Waals surface area contributed by atoms with Gasteiger partial charge >= 0.3 is 5.97 Å². The van der Waals surface area contributed by atoms with E-state index in [-0.39, 0.29) is 6.42 Å². The summed E-state index contributed by atoms with van der Waals surface area (Å²) in [7, 11) is 3.01. The zero-order valence-corrected chi connectivity index (χ0v) is 11.5. The molecule has 0 spiro atoms. The molecule has 0 saturated heterocycles. The van der Waals surface area contributed by atoms with E-state index < -0.39 is 11.9 Å². The third-order valence-corrected chi connectivity index (χ3v) is 3.17. The fourth-order valence-corrected chi connectivity index (χ4v) is 1.95. The molecule has 0 aromatic heterocycles. The predicted octanol–water partition coefficient (Wildman–Crippen LogP) is 2.23. The number of halogens is 1. The molecule has 1 atom stereocenters. The molecule has 6 heteroatoms. The van der Waals surface area contributed by atoms with Crippen LogP contribution in [0.2, 0.25) is 0 Å². The maximum Gasteiger partial charge on any atom is 0.321 e. The average Bonchev–Trinajstić information content (AvgIpc) is 2.36. The largest absolute Gasteiger partial charge is 0.493 e. The van der Waals surface area contributed by atoms with Crippen molar-refractivity contribution in [1.29, 1.82) is 5.26 Å². The van der Waals surface area contributed by atoms with Gasteiger partial charge in [-0.3, -0.25) is 4.79 Å². The van der Waals surface area contributed by atoms with Crippen LogP contribution < -0.4 is 9.47 Å². The second kappa shape index (κ2) is 6.26. The number of nitrogens with zero attached hydrogens (tertiary/aromatic N) is 1. The first-order valence-corrected chi connectivity index (χ1v) is 5.85. The van der Waals surface area contributed by atoms with E-state index in [4.69, 9.17) is 19.8 Å². The predicted molar refractivity (Wildman–Crippen MR) is 67.7 cm³/mol. The maximum atomic E-state index is 10.8. The van der Waals surface area contributed by atoms with Gasteiger partial charge in [-0.15, -0.1) is 0 Å². The van der Waals surface area contributed by atoms with Crippen LogP contribution in [0, 0.1) is 17.2 Å². The molecule has 0 fully saturated rings. The summed E-state index contributed by atoms with van der Waals surface area (Å²) in [4.78, 5) is 10.8. The number of rotatable bonds is 5. The summed E-state index contributed by atoms with van der Waals surface area (Å²) in [5.41, 5.74) is 0.682. The maximum absolute atomic E-state index is 10.8. The number of carboxylic acids is 1. The van der Waals surface area contributed by atoms with E-state index in [2.05, 4.69) is 15.9 Å². The normalized spacial score (nSPS) is 11.4. The van der Waals surface area contributed by atoms with Gasteiger partial charge in [-0.25, -0.2) is 0 Å². The van der Waals surface area contributed by atoms with Gasteiger partial charge < -0.3 is 14.6 Å². The molecule has 1 rings (SSSR count). The molecule has 0 amide bonds. The quantitative estimate of drug-likeness (QED) is 0.901. The molecular formula is C12H12BrNO4. The van der Waals surface area contributed by atoms with Crippen molar-refractivity contribution in [3.05, 3.63) is 22.2 Å². The van der Waals surface area contributed by atoms with Crippen molar-refractivity contribution in [2.45, 2.75) is 6.42 Å². The lowest BCUT2D eigenvalue weighted by molar-refractivity contribution is -0.139. The first-order valence-electron chi connectivity index (χ1n) is 5.06. The second-order valence-corrected chi connectivity index (χ2v) is 4.38. The molecule has 0 radical (unpaired) electrons. The lowest BCUT2D eigenvalue weighted by atomic mass is 10.0. The molecule has 96 valence electrons. The van der Waals surface area contributed by atoms with Crippen LogP contribution in [-0.2, 0) is 11.2 Å². The van der Waals surface area contributed by atoms with E-state index in [0.29, 0.717) is 21.5 Å². The molecule has 0 saturated carbocycles. The lowest BCUT2D eigenvalue weighted by Gasteiger charge is -2.12. The van der Waals surface area contributed by atoms with E-state index in [1.807, 2.05) is 0 Å². The van der Waals surface area contributed by atoms with Crippen molar-refractivity contribution < 1.29 is 19.4 Å².